The largest absolute Gasteiger partial charge is 0.480 e. The van der Waals surface area contributed by atoms with Gasteiger partial charge in [-0.2, -0.15) is 27.1 Å². The fraction of sp³-hybridized carbons (Fsp3) is 0.600. The van der Waals surface area contributed by atoms with Crippen molar-refractivity contribution in [1.82, 2.24) is 9.78 Å². The lowest BCUT2D eigenvalue weighted by atomic mass is 10.1. The van der Waals surface area contributed by atoms with Gasteiger partial charge in [0.25, 0.3) is 5.92 Å². The van der Waals surface area contributed by atoms with Gasteiger partial charge in [0.2, 0.25) is 0 Å². The Hall–Kier alpha value is -1.67. The van der Waals surface area contributed by atoms with Crippen LogP contribution in [0.2, 0.25) is 0 Å². The number of carboxylic acids is 1. The minimum Gasteiger partial charge on any atom is -0.480 e. The second-order valence-electron chi connectivity index (χ2n) is 4.45. The number of alkyl halides is 5. The van der Waals surface area contributed by atoms with Crippen molar-refractivity contribution in [2.75, 3.05) is 0 Å². The molecule has 0 saturated heterocycles. The van der Waals surface area contributed by atoms with Crippen LogP contribution in [0.25, 0.3) is 0 Å². The molecule has 1 aromatic heterocycles. The molecule has 1 atom stereocenters. The van der Waals surface area contributed by atoms with Gasteiger partial charge in [-0.25, -0.2) is 0 Å². The lowest BCUT2D eigenvalue weighted by Crippen LogP contribution is -2.25. The molecule has 1 N–H and O–H groups in total. The van der Waals surface area contributed by atoms with E-state index in [-0.39, 0.29) is 4.68 Å². The third-order valence-electron chi connectivity index (χ3n) is 3.05. The molecule has 1 aliphatic carbocycles. The summed E-state index contributed by atoms with van der Waals surface area (Å²) in [6, 6.07) is 0. The van der Waals surface area contributed by atoms with Gasteiger partial charge in [-0.3, -0.25) is 9.48 Å². The first kappa shape index (κ1) is 13.8. The molecule has 1 aromatic rings. The second-order valence-corrected chi connectivity index (χ2v) is 4.45. The third-order valence-corrected chi connectivity index (χ3v) is 3.05. The maximum absolute atomic E-state index is 13.8. The van der Waals surface area contributed by atoms with Crippen molar-refractivity contribution in [3.05, 3.63) is 17.0 Å². The zero-order valence-electron chi connectivity index (χ0n) is 9.63. The van der Waals surface area contributed by atoms with E-state index in [1.165, 1.54) is 0 Å². The molecule has 19 heavy (non-hydrogen) atoms. The monoisotopic (exact) mass is 284 g/mol. The number of hydrogen-bond acceptors (Lipinski definition) is 2. The SMILES string of the molecule is CC1Cc2c(C(F)(F)F)nn(CC(=O)O)c2C1(F)F. The van der Waals surface area contributed by atoms with E-state index in [0.29, 0.717) is 0 Å². The van der Waals surface area contributed by atoms with E-state index < -0.39 is 53.9 Å². The van der Waals surface area contributed by atoms with Crippen molar-refractivity contribution in [2.24, 2.45) is 5.92 Å². The van der Waals surface area contributed by atoms with Crippen molar-refractivity contribution >= 4 is 5.97 Å². The van der Waals surface area contributed by atoms with Gasteiger partial charge in [0.05, 0.1) is 0 Å². The van der Waals surface area contributed by atoms with Crippen molar-refractivity contribution in [2.45, 2.75) is 32.0 Å². The predicted octanol–water partition coefficient (Wildman–Crippen LogP) is 2.27. The summed E-state index contributed by atoms with van der Waals surface area (Å²) in [5.74, 6) is -6.36. The van der Waals surface area contributed by atoms with Crippen LogP contribution in [0.15, 0.2) is 0 Å². The molecular weight excluding hydrogens is 275 g/mol. The Bertz CT molecular complexity index is 535. The number of aromatic nitrogens is 2. The maximum atomic E-state index is 13.8. The van der Waals surface area contributed by atoms with Crippen LogP contribution in [0.3, 0.4) is 0 Å². The fourth-order valence-electron chi connectivity index (χ4n) is 2.20. The Kier molecular flexibility index (Phi) is 2.83. The van der Waals surface area contributed by atoms with E-state index in [0.717, 1.165) is 6.92 Å². The zero-order chi connectivity index (χ0) is 14.6. The molecule has 1 heterocycles. The van der Waals surface area contributed by atoms with Crippen LogP contribution < -0.4 is 0 Å². The predicted molar refractivity (Wildman–Crippen MR) is 51.6 cm³/mol. The molecule has 106 valence electrons. The van der Waals surface area contributed by atoms with Crippen LogP contribution in [0, 0.1) is 5.92 Å². The molecule has 0 aromatic carbocycles. The summed E-state index contributed by atoms with van der Waals surface area (Å²) >= 11 is 0. The topological polar surface area (TPSA) is 55.1 Å². The second kappa shape index (κ2) is 3.91. The molecule has 4 nitrogen and oxygen atoms in total. The summed E-state index contributed by atoms with van der Waals surface area (Å²) in [6.07, 6.45) is -5.36. The Morgan fingerprint density at radius 2 is 2.11 bits per heavy atom. The first-order valence-corrected chi connectivity index (χ1v) is 5.32. The molecule has 0 amide bonds. The van der Waals surface area contributed by atoms with Gasteiger partial charge < -0.3 is 5.11 Å². The summed E-state index contributed by atoms with van der Waals surface area (Å²) in [4.78, 5) is 10.5. The molecule has 0 spiro atoms. The molecule has 1 aliphatic rings. The number of rotatable bonds is 2. The zero-order valence-corrected chi connectivity index (χ0v) is 9.63. The van der Waals surface area contributed by atoms with Gasteiger partial charge in [0, 0.05) is 11.5 Å². The first-order valence-electron chi connectivity index (χ1n) is 5.32. The highest BCUT2D eigenvalue weighted by Gasteiger charge is 2.54. The molecule has 0 aliphatic heterocycles. The van der Waals surface area contributed by atoms with Crippen LogP contribution in [0.4, 0.5) is 22.0 Å². The quantitative estimate of drug-likeness (QED) is 0.848. The third kappa shape index (κ3) is 2.06. The van der Waals surface area contributed by atoms with Crippen LogP contribution in [0.5, 0.6) is 0 Å². The van der Waals surface area contributed by atoms with Gasteiger partial charge in [-0.1, -0.05) is 6.92 Å². The molecule has 0 radical (unpaired) electrons. The van der Waals surface area contributed by atoms with E-state index in [1.807, 2.05) is 0 Å². The summed E-state index contributed by atoms with van der Waals surface area (Å²) in [7, 11) is 0. The molecular formula is C10H9F5N2O2. The summed E-state index contributed by atoms with van der Waals surface area (Å²) in [6.45, 7) is 0.0893. The fourth-order valence-corrected chi connectivity index (χ4v) is 2.20. The summed E-state index contributed by atoms with van der Waals surface area (Å²) < 4.78 is 66.0. The number of fused-ring (bicyclic) bond motifs is 1. The van der Waals surface area contributed by atoms with Gasteiger partial charge in [0.1, 0.15) is 12.2 Å². The van der Waals surface area contributed by atoms with E-state index >= 15 is 0 Å². The van der Waals surface area contributed by atoms with Crippen molar-refractivity contribution in [3.8, 4) is 0 Å². The highest BCUT2D eigenvalue weighted by molar-refractivity contribution is 5.66. The molecule has 1 unspecified atom stereocenters. The number of hydrogen-bond donors (Lipinski definition) is 1. The average Bonchev–Trinajstić information content (AvgIpc) is 2.64. The smallest absolute Gasteiger partial charge is 0.435 e. The Balaban J connectivity index is 2.63. The molecule has 0 bridgehead atoms. The summed E-state index contributed by atoms with van der Waals surface area (Å²) in [5.41, 5.74) is -2.96. The Morgan fingerprint density at radius 1 is 1.53 bits per heavy atom. The number of halogens is 5. The lowest BCUT2D eigenvalue weighted by Gasteiger charge is -2.17. The van der Waals surface area contributed by atoms with Crippen molar-refractivity contribution in [1.29, 1.82) is 0 Å². The van der Waals surface area contributed by atoms with Gasteiger partial charge in [0.15, 0.2) is 5.69 Å². The number of carboxylic acid groups (broad SMARTS) is 1. The Labute approximate surface area is 103 Å². The first-order chi connectivity index (χ1) is 8.55. The Morgan fingerprint density at radius 3 is 2.58 bits per heavy atom. The molecule has 9 heteroatoms. The highest BCUT2D eigenvalue weighted by Crippen LogP contribution is 2.49. The average molecular weight is 284 g/mol. The molecule has 2 rings (SSSR count). The number of nitrogens with zero attached hydrogens (tertiary/aromatic N) is 2. The number of carbonyl (C=O) groups is 1. The van der Waals surface area contributed by atoms with Crippen LogP contribution >= 0.6 is 0 Å². The number of aliphatic carboxylic acids is 1. The van der Waals surface area contributed by atoms with E-state index in [2.05, 4.69) is 5.10 Å². The van der Waals surface area contributed by atoms with Gasteiger partial charge in [-0.05, 0) is 6.42 Å². The maximum Gasteiger partial charge on any atom is 0.435 e. The van der Waals surface area contributed by atoms with Crippen molar-refractivity contribution in [3.63, 3.8) is 0 Å². The van der Waals surface area contributed by atoms with Gasteiger partial charge in [-0.15, -0.1) is 0 Å². The van der Waals surface area contributed by atoms with Gasteiger partial charge >= 0.3 is 12.1 Å². The van der Waals surface area contributed by atoms with E-state index in [1.54, 1.807) is 0 Å². The van der Waals surface area contributed by atoms with E-state index in [4.69, 9.17) is 5.11 Å². The summed E-state index contributed by atoms with van der Waals surface area (Å²) in [5, 5.41) is 11.6. The van der Waals surface area contributed by atoms with Crippen LogP contribution in [0.1, 0.15) is 23.9 Å². The molecule has 0 saturated carbocycles. The van der Waals surface area contributed by atoms with Crippen molar-refractivity contribution < 1.29 is 31.9 Å². The highest BCUT2D eigenvalue weighted by atomic mass is 19.4. The minimum atomic E-state index is -4.88. The van der Waals surface area contributed by atoms with Crippen LogP contribution in [-0.4, -0.2) is 20.9 Å². The normalized spacial score (nSPS) is 21.5. The minimum absolute atomic E-state index is 0.240. The lowest BCUT2D eigenvalue weighted by molar-refractivity contribution is -0.144. The standard InChI is InChI=1S/C10H9F5N2O2/c1-4-2-5-7(10(13,14)15)16-17(3-6(18)19)8(5)9(4,11)12/h4H,2-3H2,1H3,(H,18,19). The molecule has 0 fully saturated rings. The van der Waals surface area contributed by atoms with Crippen LogP contribution in [-0.2, 0) is 29.9 Å². The van der Waals surface area contributed by atoms with E-state index in [9.17, 15) is 26.7 Å².